The van der Waals surface area contributed by atoms with Crippen LogP contribution >= 0.6 is 15.9 Å². The van der Waals surface area contributed by atoms with Gasteiger partial charge < -0.3 is 15.4 Å². The molecule has 2 atom stereocenters. The highest BCUT2D eigenvalue weighted by molar-refractivity contribution is 9.08. The van der Waals surface area contributed by atoms with Crippen molar-refractivity contribution in [1.82, 2.24) is 30.1 Å². The highest BCUT2D eigenvalue weighted by atomic mass is 79.9. The minimum absolute atomic E-state index is 0.0664. The number of aromatic amines is 1. The quantitative estimate of drug-likeness (QED) is 0.480. The van der Waals surface area contributed by atoms with Crippen molar-refractivity contribution in [2.24, 2.45) is 0 Å². The maximum atomic E-state index is 11.8. The number of carbonyl (C=O) groups is 1. The van der Waals surface area contributed by atoms with Crippen LogP contribution < -0.4 is 10.6 Å². The minimum Gasteiger partial charge on any atom is -0.446 e. The summed E-state index contributed by atoms with van der Waals surface area (Å²) in [6.07, 6.45) is 5.70. The predicted molar refractivity (Wildman–Crippen MR) is 113 cm³/mol. The molecule has 3 heterocycles. The van der Waals surface area contributed by atoms with Gasteiger partial charge in [-0.05, 0) is 39.2 Å². The van der Waals surface area contributed by atoms with Gasteiger partial charge in [-0.3, -0.25) is 5.10 Å². The fraction of sp³-hybridized carbons (Fsp3) is 0.474. The zero-order valence-corrected chi connectivity index (χ0v) is 17.9. The lowest BCUT2D eigenvalue weighted by Crippen LogP contribution is -2.33. The topological polar surface area (TPSA) is 109 Å². The van der Waals surface area contributed by atoms with Crippen LogP contribution in [0.3, 0.4) is 0 Å². The Morgan fingerprint density at radius 2 is 2.28 bits per heavy atom. The Morgan fingerprint density at radius 1 is 1.41 bits per heavy atom. The van der Waals surface area contributed by atoms with Gasteiger partial charge in [0.1, 0.15) is 11.6 Å². The molecule has 3 N–H and O–H groups in total. The molecule has 3 aromatic heterocycles. The third-order valence-electron chi connectivity index (χ3n) is 4.93. The number of alkyl carbamates (subject to hydrolysis) is 1. The standard InChI is InChI=1S/C19H24BrN7O2/c1-11(2)22-19(28)29-14-4-3-12(7-14)15-9-17(25-24-15)23-18-16-8-13(10-20)26-27(16)6-5-21-18/h5-6,8-9,11-12,14H,3-4,7,10H2,1-2H3,(H,22,28)(H2,21,23,24,25)/t12-,14+/m0/s1. The lowest BCUT2D eigenvalue weighted by atomic mass is 10.0. The lowest BCUT2D eigenvalue weighted by Gasteiger charge is -2.14. The zero-order chi connectivity index (χ0) is 20.4. The van der Waals surface area contributed by atoms with Crippen LogP contribution in [0.5, 0.6) is 0 Å². The van der Waals surface area contributed by atoms with Crippen LogP contribution in [0, 0.1) is 0 Å². The van der Waals surface area contributed by atoms with Crippen molar-refractivity contribution in [3.05, 3.63) is 35.9 Å². The van der Waals surface area contributed by atoms with Crippen LogP contribution in [0.2, 0.25) is 0 Å². The van der Waals surface area contributed by atoms with Crippen LogP contribution in [0.1, 0.15) is 50.4 Å². The number of nitrogens with zero attached hydrogens (tertiary/aromatic N) is 4. The third kappa shape index (κ3) is 4.52. The minimum atomic E-state index is -0.347. The van der Waals surface area contributed by atoms with E-state index in [1.54, 1.807) is 10.7 Å². The van der Waals surface area contributed by atoms with E-state index in [1.165, 1.54) is 0 Å². The van der Waals surface area contributed by atoms with Crippen molar-refractivity contribution in [2.75, 3.05) is 5.32 Å². The van der Waals surface area contributed by atoms with Gasteiger partial charge >= 0.3 is 6.09 Å². The maximum Gasteiger partial charge on any atom is 0.407 e. The first kappa shape index (κ1) is 19.7. The Kier molecular flexibility index (Phi) is 5.70. The van der Waals surface area contributed by atoms with E-state index in [0.29, 0.717) is 17.0 Å². The SMILES string of the molecule is CC(C)NC(=O)O[C@@H]1CC[C@H](c2cc(Nc3nccn4nc(CBr)cc34)n[nH]2)C1. The number of alkyl halides is 1. The van der Waals surface area contributed by atoms with E-state index in [1.807, 2.05) is 32.2 Å². The molecule has 0 bridgehead atoms. The lowest BCUT2D eigenvalue weighted by molar-refractivity contribution is 0.0981. The molecule has 0 aliphatic heterocycles. The van der Waals surface area contributed by atoms with Crippen molar-refractivity contribution in [2.45, 2.75) is 56.5 Å². The number of hydrogen-bond donors (Lipinski definition) is 3. The number of anilines is 2. The summed E-state index contributed by atoms with van der Waals surface area (Å²) >= 11 is 3.43. The fourth-order valence-corrected chi connectivity index (χ4v) is 3.89. The van der Waals surface area contributed by atoms with Gasteiger partial charge in [0.2, 0.25) is 0 Å². The van der Waals surface area contributed by atoms with Crippen LogP contribution in [-0.4, -0.2) is 43.0 Å². The molecule has 0 unspecified atom stereocenters. The van der Waals surface area contributed by atoms with Gasteiger partial charge in [-0.2, -0.15) is 10.2 Å². The van der Waals surface area contributed by atoms with Crippen LogP contribution in [0.4, 0.5) is 16.4 Å². The number of ether oxygens (including phenoxy) is 1. The van der Waals surface area contributed by atoms with Gasteiger partial charge in [-0.1, -0.05) is 15.9 Å². The van der Waals surface area contributed by atoms with Gasteiger partial charge in [0.05, 0.1) is 5.69 Å². The third-order valence-corrected chi connectivity index (χ3v) is 5.50. The van der Waals surface area contributed by atoms with Crippen LogP contribution in [0.25, 0.3) is 5.52 Å². The maximum absolute atomic E-state index is 11.8. The molecule has 3 aromatic rings. The van der Waals surface area contributed by atoms with E-state index in [4.69, 9.17) is 4.74 Å². The van der Waals surface area contributed by atoms with Gasteiger partial charge in [0.25, 0.3) is 0 Å². The van der Waals surface area contributed by atoms with Crippen molar-refractivity contribution in [3.8, 4) is 0 Å². The van der Waals surface area contributed by atoms with E-state index >= 15 is 0 Å². The molecule has 1 aliphatic rings. The van der Waals surface area contributed by atoms with Crippen LogP contribution in [0.15, 0.2) is 24.5 Å². The number of fused-ring (bicyclic) bond motifs is 1. The largest absolute Gasteiger partial charge is 0.446 e. The Bertz CT molecular complexity index is 1000. The van der Waals surface area contributed by atoms with Crippen molar-refractivity contribution >= 4 is 39.2 Å². The second kappa shape index (κ2) is 8.40. The molecular formula is C19H24BrN7O2. The van der Waals surface area contributed by atoms with E-state index in [0.717, 1.165) is 36.2 Å². The normalized spacial score (nSPS) is 19.0. The smallest absolute Gasteiger partial charge is 0.407 e. The van der Waals surface area contributed by atoms with E-state index in [2.05, 4.69) is 46.8 Å². The highest BCUT2D eigenvalue weighted by Gasteiger charge is 2.30. The Morgan fingerprint density at radius 3 is 3.07 bits per heavy atom. The number of carbonyl (C=O) groups excluding carboxylic acids is 1. The summed E-state index contributed by atoms with van der Waals surface area (Å²) in [6, 6.07) is 4.05. The van der Waals surface area contributed by atoms with Crippen LogP contribution in [-0.2, 0) is 10.1 Å². The number of aromatic nitrogens is 5. The molecule has 0 saturated heterocycles. The summed E-state index contributed by atoms with van der Waals surface area (Å²) in [5, 5.41) is 18.7. The first-order valence-corrected chi connectivity index (χ1v) is 10.8. The summed E-state index contributed by atoms with van der Waals surface area (Å²) < 4.78 is 7.31. The molecule has 154 valence electrons. The molecule has 1 fully saturated rings. The monoisotopic (exact) mass is 461 g/mol. The molecule has 29 heavy (non-hydrogen) atoms. The Labute approximate surface area is 176 Å². The summed E-state index contributed by atoms with van der Waals surface area (Å²) in [5.74, 6) is 1.68. The first-order valence-electron chi connectivity index (χ1n) is 9.70. The summed E-state index contributed by atoms with van der Waals surface area (Å²) in [6.45, 7) is 3.83. The number of amides is 1. The van der Waals surface area contributed by atoms with Gasteiger partial charge in [-0.15, -0.1) is 0 Å². The highest BCUT2D eigenvalue weighted by Crippen LogP contribution is 2.36. The zero-order valence-electron chi connectivity index (χ0n) is 16.4. The number of nitrogens with one attached hydrogen (secondary N) is 3. The Hall–Kier alpha value is -2.62. The number of H-pyrrole nitrogens is 1. The second-order valence-electron chi connectivity index (χ2n) is 7.54. The van der Waals surface area contributed by atoms with E-state index in [9.17, 15) is 4.79 Å². The average molecular weight is 462 g/mol. The van der Waals surface area contributed by atoms with Crippen molar-refractivity contribution in [3.63, 3.8) is 0 Å². The Balaban J connectivity index is 1.41. The number of rotatable bonds is 6. The molecule has 10 heteroatoms. The summed E-state index contributed by atoms with van der Waals surface area (Å²) in [7, 11) is 0. The second-order valence-corrected chi connectivity index (χ2v) is 8.11. The summed E-state index contributed by atoms with van der Waals surface area (Å²) in [4.78, 5) is 16.2. The molecule has 1 amide bonds. The molecule has 1 saturated carbocycles. The van der Waals surface area contributed by atoms with E-state index < -0.39 is 0 Å². The molecule has 9 nitrogen and oxygen atoms in total. The van der Waals surface area contributed by atoms with Gasteiger partial charge in [-0.25, -0.2) is 14.3 Å². The van der Waals surface area contributed by atoms with E-state index in [-0.39, 0.29) is 24.2 Å². The molecule has 0 spiro atoms. The fourth-order valence-electron chi connectivity index (χ4n) is 3.62. The molecule has 0 radical (unpaired) electrons. The first-order chi connectivity index (χ1) is 14.0. The molecule has 1 aliphatic carbocycles. The molecule has 0 aromatic carbocycles. The molecule has 4 rings (SSSR count). The van der Waals surface area contributed by atoms with Crippen molar-refractivity contribution < 1.29 is 9.53 Å². The van der Waals surface area contributed by atoms with Gasteiger partial charge in [0, 0.05) is 41.4 Å². The number of halogens is 1. The van der Waals surface area contributed by atoms with Gasteiger partial charge in [0.15, 0.2) is 11.6 Å². The average Bonchev–Trinajstić information content (AvgIpc) is 3.40. The van der Waals surface area contributed by atoms with Crippen molar-refractivity contribution in [1.29, 1.82) is 0 Å². The summed E-state index contributed by atoms with van der Waals surface area (Å²) in [5.41, 5.74) is 2.85. The number of hydrogen-bond acceptors (Lipinski definition) is 6. The molecular weight excluding hydrogens is 438 g/mol. The predicted octanol–water partition coefficient (Wildman–Crippen LogP) is 3.86.